The summed E-state index contributed by atoms with van der Waals surface area (Å²) in [5, 5.41) is 0. The van der Waals surface area contributed by atoms with Crippen LogP contribution in [0.4, 0.5) is 0 Å². The highest BCUT2D eigenvalue weighted by Gasteiger charge is 2.25. The molecule has 0 aromatic carbocycles. The van der Waals surface area contributed by atoms with Crippen LogP contribution in [0.3, 0.4) is 0 Å². The zero-order chi connectivity index (χ0) is 10.7. The predicted molar refractivity (Wildman–Crippen MR) is 70.9 cm³/mol. The van der Waals surface area contributed by atoms with E-state index in [1.54, 1.807) is 0 Å². The summed E-state index contributed by atoms with van der Waals surface area (Å²) in [6.07, 6.45) is 2.74. The summed E-state index contributed by atoms with van der Waals surface area (Å²) < 4.78 is 0.697. The van der Waals surface area contributed by atoms with E-state index < -0.39 is 0 Å². The van der Waals surface area contributed by atoms with Gasteiger partial charge in [0.1, 0.15) is 0 Å². The smallest absolute Gasteiger partial charge is 0.0589 e. The number of alkyl halides is 1. The average molecular weight is 310 g/mol. The second-order valence-corrected chi connectivity index (χ2v) is 6.45. The Labute approximate surface area is 102 Å². The fourth-order valence-electron chi connectivity index (χ4n) is 2.18. The first-order chi connectivity index (χ1) is 6.52. The van der Waals surface area contributed by atoms with Crippen LogP contribution >= 0.6 is 22.6 Å². The summed E-state index contributed by atoms with van der Waals surface area (Å²) in [6, 6.07) is 0.738. The van der Waals surface area contributed by atoms with Gasteiger partial charge in [-0.05, 0) is 59.8 Å². The molecule has 1 fully saturated rings. The van der Waals surface area contributed by atoms with Gasteiger partial charge in [0.25, 0.3) is 0 Å². The Bertz CT molecular complexity index is 163. The molecule has 0 amide bonds. The van der Waals surface area contributed by atoms with Crippen LogP contribution in [0, 0.1) is 5.92 Å². The molecule has 14 heavy (non-hydrogen) atoms. The van der Waals surface area contributed by atoms with Gasteiger partial charge in [-0.2, -0.15) is 0 Å². The first-order valence-electron chi connectivity index (χ1n) is 5.57. The van der Waals surface area contributed by atoms with Crippen LogP contribution in [-0.2, 0) is 0 Å². The lowest BCUT2D eigenvalue weighted by molar-refractivity contribution is 0.125. The van der Waals surface area contributed by atoms with Crippen LogP contribution in [0.15, 0.2) is 0 Å². The molecule has 2 nitrogen and oxygen atoms in total. The van der Waals surface area contributed by atoms with E-state index in [1.807, 2.05) is 0 Å². The molecular weight excluding hydrogens is 287 g/mol. The summed E-state index contributed by atoms with van der Waals surface area (Å²) in [5.41, 5.74) is 0. The molecule has 1 aliphatic rings. The molecule has 84 valence electrons. The van der Waals surface area contributed by atoms with E-state index in [9.17, 15) is 0 Å². The van der Waals surface area contributed by atoms with Crippen molar-refractivity contribution in [1.82, 2.24) is 9.80 Å². The Hall–Kier alpha value is 0.650. The molecule has 0 bridgehead atoms. The van der Waals surface area contributed by atoms with E-state index in [2.05, 4.69) is 60.3 Å². The van der Waals surface area contributed by atoms with Crippen LogP contribution in [0.25, 0.3) is 0 Å². The highest BCUT2D eigenvalue weighted by molar-refractivity contribution is 14.1. The molecule has 0 aromatic rings. The normalized spacial score (nSPS) is 25.3. The molecule has 0 saturated carbocycles. The minimum Gasteiger partial charge on any atom is -0.306 e. The molecule has 2 atom stereocenters. The highest BCUT2D eigenvalue weighted by atomic mass is 127. The van der Waals surface area contributed by atoms with Gasteiger partial charge in [0, 0.05) is 6.04 Å². The Morgan fingerprint density at radius 2 is 1.71 bits per heavy atom. The maximum absolute atomic E-state index is 2.58. The van der Waals surface area contributed by atoms with Crippen LogP contribution < -0.4 is 0 Å². The summed E-state index contributed by atoms with van der Waals surface area (Å²) in [5.74, 6) is 0.899. The molecule has 3 heteroatoms. The number of halogens is 1. The van der Waals surface area contributed by atoms with Gasteiger partial charge in [0.05, 0.1) is 4.05 Å². The van der Waals surface area contributed by atoms with Gasteiger partial charge in [0.15, 0.2) is 0 Å². The van der Waals surface area contributed by atoms with Crippen molar-refractivity contribution < 1.29 is 0 Å². The van der Waals surface area contributed by atoms with Crippen molar-refractivity contribution in [3.05, 3.63) is 0 Å². The number of piperidine rings is 1. The average Bonchev–Trinajstić information content (AvgIpc) is 2.16. The molecule has 1 aliphatic heterocycles. The molecule has 1 heterocycles. The van der Waals surface area contributed by atoms with Crippen molar-refractivity contribution in [3.63, 3.8) is 0 Å². The first-order valence-corrected chi connectivity index (χ1v) is 6.81. The Morgan fingerprint density at radius 3 is 2.07 bits per heavy atom. The number of hydrogen-bond acceptors (Lipinski definition) is 2. The van der Waals surface area contributed by atoms with Crippen molar-refractivity contribution in [2.24, 2.45) is 5.92 Å². The largest absolute Gasteiger partial charge is 0.306 e. The highest BCUT2D eigenvalue weighted by Crippen LogP contribution is 2.25. The van der Waals surface area contributed by atoms with Gasteiger partial charge in [-0.25, -0.2) is 0 Å². The minimum atomic E-state index is 0.697. The lowest BCUT2D eigenvalue weighted by Gasteiger charge is -2.38. The third-order valence-corrected chi connectivity index (χ3v) is 4.36. The number of likely N-dealkylation sites (tertiary alicyclic amines) is 1. The molecule has 0 radical (unpaired) electrons. The fraction of sp³-hybridized carbons (Fsp3) is 1.00. The SMILES string of the molecule is CC(C1CCN(C(C)I)CC1)N(C)C. The molecule has 0 spiro atoms. The standard InChI is InChI=1S/C11H23IN2/c1-9(13(3)4)11-5-7-14(8-6-11)10(2)12/h9-11H,5-8H2,1-4H3. The summed E-state index contributed by atoms with van der Waals surface area (Å²) in [7, 11) is 4.38. The third-order valence-electron chi connectivity index (χ3n) is 3.57. The quantitative estimate of drug-likeness (QED) is 0.449. The molecule has 0 aromatic heterocycles. The monoisotopic (exact) mass is 310 g/mol. The van der Waals surface area contributed by atoms with Crippen molar-refractivity contribution in [1.29, 1.82) is 0 Å². The maximum atomic E-state index is 2.58. The van der Waals surface area contributed by atoms with Crippen LogP contribution in [0.1, 0.15) is 26.7 Å². The molecule has 1 saturated heterocycles. The van der Waals surface area contributed by atoms with Crippen molar-refractivity contribution >= 4 is 22.6 Å². The van der Waals surface area contributed by atoms with Gasteiger partial charge < -0.3 is 4.90 Å². The first kappa shape index (κ1) is 12.7. The summed E-state index contributed by atoms with van der Waals surface area (Å²) >= 11 is 2.52. The topological polar surface area (TPSA) is 6.48 Å². The lowest BCUT2D eigenvalue weighted by atomic mass is 9.90. The second-order valence-electron chi connectivity index (χ2n) is 4.65. The lowest BCUT2D eigenvalue weighted by Crippen LogP contribution is -2.43. The van der Waals surface area contributed by atoms with Crippen LogP contribution in [0.5, 0.6) is 0 Å². The van der Waals surface area contributed by atoms with Crippen LogP contribution in [0.2, 0.25) is 0 Å². The zero-order valence-corrected chi connectivity index (χ0v) is 12.0. The van der Waals surface area contributed by atoms with E-state index in [0.29, 0.717) is 4.05 Å². The molecule has 0 aliphatic carbocycles. The molecule has 1 rings (SSSR count). The maximum Gasteiger partial charge on any atom is 0.0589 e. The van der Waals surface area contributed by atoms with Crippen molar-refractivity contribution in [2.45, 2.75) is 36.8 Å². The number of hydrogen-bond donors (Lipinski definition) is 0. The second kappa shape index (κ2) is 5.66. The Balaban J connectivity index is 2.35. The van der Waals surface area contributed by atoms with Crippen LogP contribution in [-0.4, -0.2) is 47.1 Å². The predicted octanol–water partition coefficient (Wildman–Crippen LogP) is 2.43. The summed E-state index contributed by atoms with van der Waals surface area (Å²) in [6.45, 7) is 7.21. The fourth-order valence-corrected chi connectivity index (χ4v) is 2.74. The molecule has 2 unspecified atom stereocenters. The Morgan fingerprint density at radius 1 is 1.21 bits per heavy atom. The van der Waals surface area contributed by atoms with E-state index in [1.165, 1.54) is 25.9 Å². The van der Waals surface area contributed by atoms with E-state index in [4.69, 9.17) is 0 Å². The van der Waals surface area contributed by atoms with E-state index in [0.717, 1.165) is 12.0 Å². The van der Waals surface area contributed by atoms with Gasteiger partial charge in [-0.3, -0.25) is 4.90 Å². The molecular formula is C11H23IN2. The van der Waals surface area contributed by atoms with Gasteiger partial charge >= 0.3 is 0 Å². The number of nitrogens with zero attached hydrogens (tertiary/aromatic N) is 2. The third kappa shape index (κ3) is 3.35. The zero-order valence-electron chi connectivity index (χ0n) is 9.83. The van der Waals surface area contributed by atoms with Crippen molar-refractivity contribution in [3.8, 4) is 0 Å². The van der Waals surface area contributed by atoms with Gasteiger partial charge in [-0.15, -0.1) is 0 Å². The van der Waals surface area contributed by atoms with Crippen molar-refractivity contribution in [2.75, 3.05) is 27.2 Å². The van der Waals surface area contributed by atoms with E-state index in [-0.39, 0.29) is 0 Å². The van der Waals surface area contributed by atoms with Gasteiger partial charge in [0.2, 0.25) is 0 Å². The van der Waals surface area contributed by atoms with Gasteiger partial charge in [-0.1, -0.05) is 22.6 Å². The van der Waals surface area contributed by atoms with E-state index >= 15 is 0 Å². The minimum absolute atomic E-state index is 0.697. The Kier molecular flexibility index (Phi) is 5.14. The number of rotatable bonds is 3. The summed E-state index contributed by atoms with van der Waals surface area (Å²) in [4.78, 5) is 4.94. The molecule has 0 N–H and O–H groups in total.